The van der Waals surface area contributed by atoms with Crippen LogP contribution in [0.15, 0.2) is 36.4 Å². The van der Waals surface area contributed by atoms with Crippen molar-refractivity contribution in [3.63, 3.8) is 0 Å². The van der Waals surface area contributed by atoms with Gasteiger partial charge in [-0.15, -0.1) is 0 Å². The lowest BCUT2D eigenvalue weighted by molar-refractivity contribution is -0.134. The Hall–Kier alpha value is -1.89. The van der Waals surface area contributed by atoms with Crippen molar-refractivity contribution in [2.75, 3.05) is 0 Å². The molecule has 1 rings (SSSR count). The zero-order valence-electron chi connectivity index (χ0n) is 14.2. The number of aliphatic hydroxyl groups excluding tert-OH is 1. The predicted octanol–water partition coefficient (Wildman–Crippen LogP) is 2.86. The second-order valence-corrected chi connectivity index (χ2v) is 6.63. The highest BCUT2D eigenvalue weighted by Crippen LogP contribution is 2.21. The van der Waals surface area contributed by atoms with E-state index in [1.807, 2.05) is 19.1 Å². The molecule has 1 aromatic rings. The molecule has 0 bridgehead atoms. The molecule has 0 aliphatic carbocycles. The summed E-state index contributed by atoms with van der Waals surface area (Å²) >= 11 is 5.90. The van der Waals surface area contributed by atoms with Crippen molar-refractivity contribution in [1.29, 1.82) is 0 Å². The highest BCUT2D eigenvalue weighted by molar-refractivity contribution is 6.30. The van der Waals surface area contributed by atoms with E-state index in [0.29, 0.717) is 17.2 Å². The fourth-order valence-corrected chi connectivity index (χ4v) is 2.08. The molecule has 1 aromatic carbocycles. The third kappa shape index (κ3) is 10.8. The summed E-state index contributed by atoms with van der Waals surface area (Å²) in [6, 6.07) is 7.33. The Morgan fingerprint density at radius 2 is 1.67 bits per heavy atom. The first-order valence-electron chi connectivity index (χ1n) is 7.27. The number of rotatable bonds is 5. The van der Waals surface area contributed by atoms with Crippen LogP contribution in [0.5, 0.6) is 0 Å². The fraction of sp³-hybridized carbons (Fsp3) is 0.412. The number of carboxylic acid groups (broad SMARTS) is 2. The van der Waals surface area contributed by atoms with Gasteiger partial charge < -0.3 is 20.6 Å². The number of aliphatic hydroxyl groups is 1. The highest BCUT2D eigenvalue weighted by Gasteiger charge is 2.21. The number of nitrogens with one attached hydrogen (secondary N) is 1. The summed E-state index contributed by atoms with van der Waals surface area (Å²) in [5.74, 6) is -2.51. The van der Waals surface area contributed by atoms with Crippen LogP contribution in [-0.2, 0) is 9.59 Å². The molecule has 24 heavy (non-hydrogen) atoms. The normalized spacial score (nSPS) is 13.8. The van der Waals surface area contributed by atoms with Crippen molar-refractivity contribution in [2.24, 2.45) is 0 Å². The first-order valence-corrected chi connectivity index (χ1v) is 7.65. The molecule has 7 heteroatoms. The summed E-state index contributed by atoms with van der Waals surface area (Å²) in [7, 11) is 0. The molecule has 0 spiro atoms. The van der Waals surface area contributed by atoms with Gasteiger partial charge in [0.2, 0.25) is 0 Å². The van der Waals surface area contributed by atoms with Gasteiger partial charge >= 0.3 is 11.9 Å². The summed E-state index contributed by atoms with van der Waals surface area (Å²) in [4.78, 5) is 19.1. The third-order valence-corrected chi connectivity index (χ3v) is 2.93. The molecule has 2 atom stereocenters. The summed E-state index contributed by atoms with van der Waals surface area (Å²) < 4.78 is 0. The van der Waals surface area contributed by atoms with Crippen LogP contribution in [0.4, 0.5) is 0 Å². The van der Waals surface area contributed by atoms with Crippen molar-refractivity contribution < 1.29 is 24.9 Å². The van der Waals surface area contributed by atoms with Gasteiger partial charge in [-0.05, 0) is 45.4 Å². The number of aliphatic carboxylic acids is 2. The Balaban J connectivity index is 0.000000561. The average molecular weight is 358 g/mol. The van der Waals surface area contributed by atoms with Crippen LogP contribution in [0.25, 0.3) is 0 Å². The molecule has 0 amide bonds. The quantitative estimate of drug-likeness (QED) is 0.604. The Labute approximate surface area is 146 Å². The molecule has 6 nitrogen and oxygen atoms in total. The molecule has 4 N–H and O–H groups in total. The highest BCUT2D eigenvalue weighted by atomic mass is 35.5. The molecule has 0 aromatic heterocycles. The lowest BCUT2D eigenvalue weighted by Gasteiger charge is -2.29. The van der Waals surface area contributed by atoms with Crippen molar-refractivity contribution in [1.82, 2.24) is 5.32 Å². The van der Waals surface area contributed by atoms with E-state index in [9.17, 15) is 14.7 Å². The van der Waals surface area contributed by atoms with Crippen LogP contribution < -0.4 is 5.32 Å². The Bertz CT molecular complexity index is 565. The van der Waals surface area contributed by atoms with Gasteiger partial charge in [-0.2, -0.15) is 0 Å². The van der Waals surface area contributed by atoms with E-state index in [1.54, 1.807) is 12.1 Å². The van der Waals surface area contributed by atoms with E-state index in [-0.39, 0.29) is 11.6 Å². The maximum Gasteiger partial charge on any atom is 0.328 e. The molecule has 0 unspecified atom stereocenters. The van der Waals surface area contributed by atoms with Gasteiger partial charge in [0.05, 0.1) is 6.10 Å². The fourth-order valence-electron chi connectivity index (χ4n) is 1.88. The van der Waals surface area contributed by atoms with Crippen LogP contribution in [0.3, 0.4) is 0 Å². The molecule has 0 saturated heterocycles. The number of carboxylic acids is 2. The number of carbonyl (C=O) groups is 2. The van der Waals surface area contributed by atoms with Gasteiger partial charge in [0.25, 0.3) is 0 Å². The van der Waals surface area contributed by atoms with E-state index in [1.165, 1.54) is 0 Å². The predicted molar refractivity (Wildman–Crippen MR) is 93.2 cm³/mol. The minimum Gasteiger partial charge on any atom is -0.478 e. The Kier molecular flexibility index (Phi) is 9.28. The second kappa shape index (κ2) is 10.1. The zero-order valence-corrected chi connectivity index (χ0v) is 14.9. The van der Waals surface area contributed by atoms with Gasteiger partial charge in [0, 0.05) is 28.8 Å². The minimum atomic E-state index is -1.26. The maximum absolute atomic E-state index is 10.2. The zero-order chi connectivity index (χ0) is 18.9. The van der Waals surface area contributed by atoms with E-state index in [2.05, 4.69) is 26.1 Å². The molecular weight excluding hydrogens is 334 g/mol. The first-order chi connectivity index (χ1) is 10.9. The average Bonchev–Trinajstić information content (AvgIpc) is 2.43. The van der Waals surface area contributed by atoms with Crippen molar-refractivity contribution in [3.05, 3.63) is 47.0 Å². The molecule has 0 aliphatic rings. The van der Waals surface area contributed by atoms with Gasteiger partial charge in [-0.1, -0.05) is 23.7 Å². The van der Waals surface area contributed by atoms with Crippen LogP contribution in [-0.4, -0.2) is 38.8 Å². The van der Waals surface area contributed by atoms with E-state index in [4.69, 9.17) is 21.8 Å². The Morgan fingerprint density at radius 3 is 2.04 bits per heavy atom. The van der Waals surface area contributed by atoms with Crippen LogP contribution in [0, 0.1) is 0 Å². The molecule has 0 fully saturated rings. The topological polar surface area (TPSA) is 107 Å². The minimum absolute atomic E-state index is 0.0149. The maximum atomic E-state index is 10.2. The van der Waals surface area contributed by atoms with Crippen LogP contribution in [0.2, 0.25) is 5.02 Å². The Morgan fingerprint density at radius 1 is 1.17 bits per heavy atom. The first kappa shape index (κ1) is 22.1. The van der Waals surface area contributed by atoms with E-state index in [0.717, 1.165) is 5.56 Å². The van der Waals surface area contributed by atoms with Crippen molar-refractivity contribution >= 4 is 23.5 Å². The van der Waals surface area contributed by atoms with Gasteiger partial charge in [-0.25, -0.2) is 9.59 Å². The second-order valence-electron chi connectivity index (χ2n) is 6.19. The lowest BCUT2D eigenvalue weighted by atomic mass is 10.00. The van der Waals surface area contributed by atoms with Crippen molar-refractivity contribution in [2.45, 2.75) is 45.4 Å². The van der Waals surface area contributed by atoms with Crippen molar-refractivity contribution in [3.8, 4) is 0 Å². The standard InChI is InChI=1S/C13H20ClNO.C4H4O4/c1-9(15-13(2,3)4)12(16)10-6-5-7-11(14)8-10;5-3(6)1-2-4(7)8/h5-9,12,15-16H,1-4H3;1-2H,(H,5,6)(H,7,8)/b;2-1-/t9-,12+;/m1./s1. The van der Waals surface area contributed by atoms with E-state index >= 15 is 0 Å². The number of hydrogen-bond acceptors (Lipinski definition) is 4. The van der Waals surface area contributed by atoms with Gasteiger partial charge in [-0.3, -0.25) is 0 Å². The molecule has 0 saturated carbocycles. The molecule has 0 radical (unpaired) electrons. The third-order valence-electron chi connectivity index (χ3n) is 2.69. The number of benzene rings is 1. The van der Waals surface area contributed by atoms with E-state index < -0.39 is 18.0 Å². The van der Waals surface area contributed by atoms with Gasteiger partial charge in [0.1, 0.15) is 0 Å². The summed E-state index contributed by atoms with van der Waals surface area (Å²) in [5, 5.41) is 29.8. The summed E-state index contributed by atoms with van der Waals surface area (Å²) in [6.07, 6.45) is 0.572. The number of hydrogen-bond donors (Lipinski definition) is 4. The van der Waals surface area contributed by atoms with Crippen LogP contribution in [0.1, 0.15) is 39.4 Å². The largest absolute Gasteiger partial charge is 0.478 e. The molecule has 0 aliphatic heterocycles. The summed E-state index contributed by atoms with van der Waals surface area (Å²) in [6.45, 7) is 8.20. The van der Waals surface area contributed by atoms with Crippen LogP contribution >= 0.6 is 11.6 Å². The molecular formula is C17H24ClNO5. The SMILES string of the molecule is C[C@@H](NC(C)(C)C)[C@H](O)c1cccc(Cl)c1.O=C(O)/C=C\C(=O)O. The summed E-state index contributed by atoms with van der Waals surface area (Å²) in [5.41, 5.74) is 0.829. The number of halogens is 1. The van der Waals surface area contributed by atoms with Gasteiger partial charge in [0.15, 0.2) is 0 Å². The smallest absolute Gasteiger partial charge is 0.328 e. The molecule has 0 heterocycles. The lowest BCUT2D eigenvalue weighted by Crippen LogP contribution is -2.44. The monoisotopic (exact) mass is 357 g/mol. The molecule has 134 valence electrons.